The van der Waals surface area contributed by atoms with Gasteiger partial charge in [0.1, 0.15) is 5.75 Å². The fraction of sp³-hybridized carbons (Fsp3) is 0.400. The molecule has 0 aliphatic carbocycles. The highest BCUT2D eigenvalue weighted by molar-refractivity contribution is 5.55. The molecule has 3 N–H and O–H groups in total. The molecule has 4 nitrogen and oxygen atoms in total. The van der Waals surface area contributed by atoms with Gasteiger partial charge in [-0.1, -0.05) is 0 Å². The zero-order valence-electron chi connectivity index (χ0n) is 8.41. The molecule has 0 unspecified atom stereocenters. The van der Waals surface area contributed by atoms with Crippen LogP contribution in [0.2, 0.25) is 0 Å². The average Bonchev–Trinajstić information content (AvgIpc) is 2.17. The van der Waals surface area contributed by atoms with Crippen molar-refractivity contribution in [3.8, 4) is 5.75 Å². The first-order valence-electron chi connectivity index (χ1n) is 4.27. The summed E-state index contributed by atoms with van der Waals surface area (Å²) >= 11 is 0. The minimum Gasteiger partial charge on any atom is -0.508 e. The van der Waals surface area contributed by atoms with Crippen molar-refractivity contribution < 1.29 is 14.6 Å². The van der Waals surface area contributed by atoms with Crippen LogP contribution in [0.3, 0.4) is 0 Å². The summed E-state index contributed by atoms with van der Waals surface area (Å²) < 4.78 is 9.98. The summed E-state index contributed by atoms with van der Waals surface area (Å²) in [5.41, 5.74) is 7.84. The van der Waals surface area contributed by atoms with E-state index in [0.717, 1.165) is 5.56 Å². The number of ether oxygens (including phenoxy) is 2. The lowest BCUT2D eigenvalue weighted by Gasteiger charge is -2.12. The quantitative estimate of drug-likeness (QED) is 0.563. The van der Waals surface area contributed by atoms with Crippen LogP contribution < -0.4 is 5.73 Å². The number of nitrogen functional groups attached to an aromatic ring is 1. The minimum atomic E-state index is 0.188. The molecule has 0 saturated heterocycles. The van der Waals surface area contributed by atoms with Gasteiger partial charge in [-0.15, -0.1) is 0 Å². The van der Waals surface area contributed by atoms with E-state index in [4.69, 9.17) is 15.2 Å². The SMILES string of the molecule is COCc1c(N)ccc(O)c1COC. The second-order valence-corrected chi connectivity index (χ2v) is 3.00. The predicted octanol–water partition coefficient (Wildman–Crippen LogP) is 1.27. The van der Waals surface area contributed by atoms with Crippen molar-refractivity contribution in [2.75, 3.05) is 20.0 Å². The molecular formula is C10H15NO3. The van der Waals surface area contributed by atoms with E-state index in [9.17, 15) is 5.11 Å². The Balaban J connectivity index is 3.12. The van der Waals surface area contributed by atoms with Crippen molar-refractivity contribution in [1.82, 2.24) is 0 Å². The number of rotatable bonds is 4. The van der Waals surface area contributed by atoms with Gasteiger partial charge in [-0.05, 0) is 12.1 Å². The lowest BCUT2D eigenvalue weighted by molar-refractivity contribution is 0.166. The molecule has 0 atom stereocenters. The molecule has 4 heteroatoms. The van der Waals surface area contributed by atoms with E-state index < -0.39 is 0 Å². The molecule has 0 heterocycles. The summed E-state index contributed by atoms with van der Waals surface area (Å²) in [5.74, 6) is 0.188. The number of phenolic OH excluding ortho intramolecular Hbond substituents is 1. The molecule has 1 aromatic carbocycles. The smallest absolute Gasteiger partial charge is 0.121 e. The Labute approximate surface area is 83.3 Å². The van der Waals surface area contributed by atoms with E-state index in [0.29, 0.717) is 24.5 Å². The van der Waals surface area contributed by atoms with Crippen LogP contribution in [0.15, 0.2) is 12.1 Å². The Morgan fingerprint density at radius 1 is 1.14 bits per heavy atom. The molecule has 1 aromatic rings. The molecule has 0 aromatic heterocycles. The number of nitrogens with two attached hydrogens (primary N) is 1. The predicted molar refractivity (Wildman–Crippen MR) is 53.9 cm³/mol. The number of anilines is 1. The van der Waals surface area contributed by atoms with Crippen LogP contribution in [0, 0.1) is 0 Å². The maximum Gasteiger partial charge on any atom is 0.121 e. The van der Waals surface area contributed by atoms with Gasteiger partial charge in [-0.25, -0.2) is 0 Å². The molecule has 0 spiro atoms. The van der Waals surface area contributed by atoms with Crippen LogP contribution in [-0.2, 0) is 22.7 Å². The van der Waals surface area contributed by atoms with Gasteiger partial charge in [0, 0.05) is 31.0 Å². The summed E-state index contributed by atoms with van der Waals surface area (Å²) in [6.07, 6.45) is 0. The number of aromatic hydroxyl groups is 1. The van der Waals surface area contributed by atoms with Crippen molar-refractivity contribution in [3.63, 3.8) is 0 Å². The van der Waals surface area contributed by atoms with Gasteiger partial charge in [-0.3, -0.25) is 0 Å². The zero-order valence-corrected chi connectivity index (χ0v) is 8.41. The third kappa shape index (κ3) is 2.16. The summed E-state index contributed by atoms with van der Waals surface area (Å²) in [6, 6.07) is 3.21. The van der Waals surface area contributed by atoms with Gasteiger partial charge in [0.15, 0.2) is 0 Å². The first kappa shape index (κ1) is 10.8. The van der Waals surface area contributed by atoms with Crippen molar-refractivity contribution >= 4 is 5.69 Å². The van der Waals surface area contributed by atoms with E-state index >= 15 is 0 Å². The van der Waals surface area contributed by atoms with E-state index in [2.05, 4.69) is 0 Å². The molecule has 14 heavy (non-hydrogen) atoms. The van der Waals surface area contributed by atoms with Crippen LogP contribution in [-0.4, -0.2) is 19.3 Å². The molecule has 0 aliphatic rings. The Kier molecular flexibility index (Phi) is 3.73. The number of hydrogen-bond donors (Lipinski definition) is 2. The maximum atomic E-state index is 9.58. The monoisotopic (exact) mass is 197 g/mol. The van der Waals surface area contributed by atoms with Crippen LogP contribution in [0.25, 0.3) is 0 Å². The van der Waals surface area contributed by atoms with Gasteiger partial charge in [-0.2, -0.15) is 0 Å². The standard InChI is InChI=1S/C10H15NO3/c1-13-5-7-8(6-14-2)10(12)4-3-9(7)11/h3-4,12H,5-6,11H2,1-2H3. The molecule has 0 saturated carbocycles. The van der Waals surface area contributed by atoms with Gasteiger partial charge >= 0.3 is 0 Å². The van der Waals surface area contributed by atoms with E-state index in [-0.39, 0.29) is 5.75 Å². The summed E-state index contributed by atoms with van der Waals surface area (Å²) in [4.78, 5) is 0. The van der Waals surface area contributed by atoms with Crippen LogP contribution in [0.4, 0.5) is 5.69 Å². The number of phenols is 1. The highest BCUT2D eigenvalue weighted by Gasteiger charge is 2.10. The molecular weight excluding hydrogens is 182 g/mol. The third-order valence-corrected chi connectivity index (χ3v) is 2.02. The van der Waals surface area contributed by atoms with Crippen molar-refractivity contribution in [1.29, 1.82) is 0 Å². The number of methoxy groups -OCH3 is 2. The van der Waals surface area contributed by atoms with Crippen LogP contribution in [0.1, 0.15) is 11.1 Å². The van der Waals surface area contributed by atoms with Crippen LogP contribution >= 0.6 is 0 Å². The van der Waals surface area contributed by atoms with Crippen molar-refractivity contribution in [2.45, 2.75) is 13.2 Å². The van der Waals surface area contributed by atoms with E-state index in [1.54, 1.807) is 26.4 Å². The Hall–Kier alpha value is -1.26. The lowest BCUT2D eigenvalue weighted by atomic mass is 10.1. The van der Waals surface area contributed by atoms with E-state index in [1.165, 1.54) is 0 Å². The van der Waals surface area contributed by atoms with Gasteiger partial charge in [0.25, 0.3) is 0 Å². The zero-order chi connectivity index (χ0) is 10.6. The Morgan fingerprint density at radius 2 is 1.71 bits per heavy atom. The van der Waals surface area contributed by atoms with Crippen molar-refractivity contribution in [2.24, 2.45) is 0 Å². The average molecular weight is 197 g/mol. The molecule has 78 valence electrons. The second-order valence-electron chi connectivity index (χ2n) is 3.00. The highest BCUT2D eigenvalue weighted by Crippen LogP contribution is 2.27. The first-order chi connectivity index (χ1) is 6.70. The third-order valence-electron chi connectivity index (χ3n) is 2.02. The fourth-order valence-electron chi connectivity index (χ4n) is 1.32. The van der Waals surface area contributed by atoms with Crippen molar-refractivity contribution in [3.05, 3.63) is 23.3 Å². The summed E-state index contributed by atoms with van der Waals surface area (Å²) in [6.45, 7) is 0.703. The van der Waals surface area contributed by atoms with Gasteiger partial charge in [0.2, 0.25) is 0 Å². The minimum absolute atomic E-state index is 0.188. The Morgan fingerprint density at radius 3 is 2.29 bits per heavy atom. The molecule has 0 aliphatic heterocycles. The van der Waals surface area contributed by atoms with Gasteiger partial charge in [0.05, 0.1) is 13.2 Å². The number of hydrogen-bond acceptors (Lipinski definition) is 4. The van der Waals surface area contributed by atoms with Gasteiger partial charge < -0.3 is 20.3 Å². The Bertz CT molecular complexity index is 281. The number of benzene rings is 1. The second kappa shape index (κ2) is 4.83. The van der Waals surface area contributed by atoms with Crippen LogP contribution in [0.5, 0.6) is 5.75 Å². The molecule has 0 bridgehead atoms. The summed E-state index contributed by atoms with van der Waals surface area (Å²) in [7, 11) is 3.15. The lowest BCUT2D eigenvalue weighted by Crippen LogP contribution is -2.03. The molecule has 0 fully saturated rings. The largest absolute Gasteiger partial charge is 0.508 e. The van der Waals surface area contributed by atoms with E-state index in [1.807, 2.05) is 0 Å². The fourth-order valence-corrected chi connectivity index (χ4v) is 1.32. The normalized spacial score (nSPS) is 10.4. The summed E-state index contributed by atoms with van der Waals surface area (Å²) in [5, 5.41) is 9.58. The molecule has 1 rings (SSSR count). The maximum absolute atomic E-state index is 9.58. The molecule has 0 radical (unpaired) electrons. The highest BCUT2D eigenvalue weighted by atomic mass is 16.5. The topological polar surface area (TPSA) is 64.7 Å². The first-order valence-corrected chi connectivity index (χ1v) is 4.27. The molecule has 0 amide bonds.